The Kier molecular flexibility index (Phi) is 14.2. The topological polar surface area (TPSA) is 229 Å². The second-order valence-corrected chi connectivity index (χ2v) is 13.9. The molecule has 22 heteroatoms. The van der Waals surface area contributed by atoms with Crippen molar-refractivity contribution in [2.24, 2.45) is 7.05 Å². The number of nitrogens with one attached hydrogen (secondary N) is 3. The highest BCUT2D eigenvalue weighted by atomic mass is 19.4. The molecule has 61 heavy (non-hydrogen) atoms. The maximum atomic E-state index is 13.3. The largest absolute Gasteiger partial charge is 0.444 e. The van der Waals surface area contributed by atoms with E-state index in [1.165, 1.54) is 34.1 Å². The van der Waals surface area contributed by atoms with Gasteiger partial charge in [-0.25, -0.2) is 9.97 Å². The van der Waals surface area contributed by atoms with Crippen molar-refractivity contribution < 1.29 is 60.6 Å². The van der Waals surface area contributed by atoms with Crippen LogP contribution in [0, 0.1) is 0 Å². The van der Waals surface area contributed by atoms with Gasteiger partial charge in [-0.15, -0.1) is 0 Å². The lowest BCUT2D eigenvalue weighted by atomic mass is 9.99. The molecule has 5 heterocycles. The van der Waals surface area contributed by atoms with Crippen LogP contribution < -0.4 is 16.0 Å². The maximum Gasteiger partial charge on any atom is 0.405 e. The number of benzene rings is 1. The van der Waals surface area contributed by atoms with Crippen molar-refractivity contribution in [2.75, 3.05) is 70.4 Å². The molecule has 2 aliphatic heterocycles. The van der Waals surface area contributed by atoms with E-state index in [1.54, 1.807) is 32.3 Å². The van der Waals surface area contributed by atoms with E-state index < -0.39 is 54.2 Å². The number of likely N-dealkylation sites (N-methyl/N-ethyl adjacent to an activating group) is 1. The first-order valence-corrected chi connectivity index (χ1v) is 19.1. The number of amides is 6. The summed E-state index contributed by atoms with van der Waals surface area (Å²) >= 11 is 0. The van der Waals surface area contributed by atoms with E-state index in [0.29, 0.717) is 38.2 Å². The number of ether oxygens (including phenoxy) is 3. The van der Waals surface area contributed by atoms with E-state index >= 15 is 0 Å². The summed E-state index contributed by atoms with van der Waals surface area (Å²) < 4.78 is 61.3. The summed E-state index contributed by atoms with van der Waals surface area (Å²) in [7, 11) is 3.13. The molecule has 1 atom stereocenters. The number of anilines is 2. The zero-order valence-corrected chi connectivity index (χ0v) is 33.1. The number of carbonyl (C=O) groups is 6. The molecule has 1 aromatic carbocycles. The molecule has 3 N–H and O–H groups in total. The van der Waals surface area contributed by atoms with Gasteiger partial charge in [0.2, 0.25) is 17.7 Å². The number of aryl methyl sites for hydroxylation is 2. The third-order valence-electron chi connectivity index (χ3n) is 9.44. The van der Waals surface area contributed by atoms with Crippen molar-refractivity contribution in [3.63, 3.8) is 0 Å². The van der Waals surface area contributed by atoms with Gasteiger partial charge in [-0.05, 0) is 43.0 Å². The second kappa shape index (κ2) is 19.7. The van der Waals surface area contributed by atoms with Crippen LogP contribution in [0.5, 0.6) is 0 Å². The Balaban J connectivity index is 0.854. The van der Waals surface area contributed by atoms with Gasteiger partial charge in [-0.1, -0.05) is 12.1 Å². The Morgan fingerprint density at radius 3 is 2.49 bits per heavy atom. The molecule has 6 amide bonds. The minimum Gasteiger partial charge on any atom is -0.444 e. The molecule has 3 aromatic heterocycles. The fourth-order valence-electron chi connectivity index (χ4n) is 6.47. The zero-order valence-electron chi connectivity index (χ0n) is 33.1. The molecule has 4 aromatic rings. The number of rotatable bonds is 20. The summed E-state index contributed by atoms with van der Waals surface area (Å²) in [6.07, 6.45) is 0.497. The lowest BCUT2D eigenvalue weighted by molar-refractivity contribution is -0.136. The Morgan fingerprint density at radius 1 is 1.02 bits per heavy atom. The number of piperidine rings is 1. The van der Waals surface area contributed by atoms with Gasteiger partial charge in [-0.3, -0.25) is 43.7 Å². The normalized spacial score (nSPS) is 15.2. The van der Waals surface area contributed by atoms with E-state index in [9.17, 15) is 41.9 Å². The van der Waals surface area contributed by atoms with E-state index in [1.807, 2.05) is 0 Å². The number of oxazole rings is 1. The standard InChI is InChI=1S/C39H42F3N9O10/c1-49(38(57)32-26(20-50(2)48-32)45-33(53)27-21-61-35(46-27)24-10-11-43-29(19-24)44-22-39(40,41)42)12-14-59-16-18-60-17-15-58-13-4-6-23-5-3-7-25-31(23)37(56)51(36(25)55)28-8-9-30(52)47-34(28)54/h3,5,7,10-11,19-21,28H,4,6,8-9,12-18,22H2,1-2H3,(H,43,44)(H,45,53)(H,47,52,54). The molecule has 1 fully saturated rings. The fraction of sp³-hybridized carbons (Fsp3) is 0.410. The smallest absolute Gasteiger partial charge is 0.405 e. The summed E-state index contributed by atoms with van der Waals surface area (Å²) in [6.45, 7) is 0.595. The molecule has 0 spiro atoms. The van der Waals surface area contributed by atoms with Crippen LogP contribution in [-0.4, -0.2) is 137 Å². The Labute approximate surface area is 345 Å². The van der Waals surface area contributed by atoms with E-state index in [2.05, 4.69) is 31.0 Å². The van der Waals surface area contributed by atoms with Gasteiger partial charge in [0.05, 0.1) is 49.8 Å². The molecule has 324 valence electrons. The molecule has 0 radical (unpaired) electrons. The van der Waals surface area contributed by atoms with Crippen molar-refractivity contribution in [1.29, 1.82) is 0 Å². The molecule has 0 saturated carbocycles. The second-order valence-electron chi connectivity index (χ2n) is 13.9. The lowest BCUT2D eigenvalue weighted by Crippen LogP contribution is -2.54. The van der Waals surface area contributed by atoms with Crippen LogP contribution in [0.1, 0.15) is 66.5 Å². The molecule has 0 bridgehead atoms. The molecule has 1 unspecified atom stereocenters. The molecular weight excluding hydrogens is 811 g/mol. The molecule has 0 aliphatic carbocycles. The third-order valence-corrected chi connectivity index (χ3v) is 9.44. The number of pyridine rings is 1. The van der Waals surface area contributed by atoms with Crippen molar-refractivity contribution in [3.8, 4) is 11.5 Å². The first-order chi connectivity index (χ1) is 29.2. The van der Waals surface area contributed by atoms with Crippen LogP contribution in [0.3, 0.4) is 0 Å². The number of imide groups is 2. The summed E-state index contributed by atoms with van der Waals surface area (Å²) in [4.78, 5) is 86.8. The number of hydrogen-bond acceptors (Lipinski definition) is 14. The molecule has 2 aliphatic rings. The number of carbonyl (C=O) groups excluding carboxylic acids is 6. The Morgan fingerprint density at radius 2 is 1.75 bits per heavy atom. The molecular formula is C39H42F3N9O10. The van der Waals surface area contributed by atoms with Crippen molar-refractivity contribution in [3.05, 3.63) is 77.1 Å². The number of nitrogens with zero attached hydrogens (tertiary/aromatic N) is 6. The first kappa shape index (κ1) is 44.0. The predicted molar refractivity (Wildman–Crippen MR) is 206 cm³/mol. The average Bonchev–Trinajstić information content (AvgIpc) is 3.93. The van der Waals surface area contributed by atoms with Gasteiger partial charge in [0, 0.05) is 51.6 Å². The summed E-state index contributed by atoms with van der Waals surface area (Å²) in [6, 6.07) is 6.74. The average molecular weight is 854 g/mol. The predicted octanol–water partition coefficient (Wildman–Crippen LogP) is 2.85. The van der Waals surface area contributed by atoms with Crippen LogP contribution >= 0.6 is 0 Å². The third kappa shape index (κ3) is 11.2. The molecule has 19 nitrogen and oxygen atoms in total. The fourth-order valence-corrected chi connectivity index (χ4v) is 6.47. The van der Waals surface area contributed by atoms with Gasteiger partial charge in [0.15, 0.2) is 11.4 Å². The van der Waals surface area contributed by atoms with Gasteiger partial charge in [0.1, 0.15) is 24.7 Å². The van der Waals surface area contributed by atoms with Crippen LogP contribution in [0.15, 0.2) is 53.4 Å². The number of hydrogen-bond donors (Lipinski definition) is 3. The van der Waals surface area contributed by atoms with E-state index in [-0.39, 0.29) is 84.7 Å². The van der Waals surface area contributed by atoms with Crippen molar-refractivity contribution in [2.45, 2.75) is 37.9 Å². The summed E-state index contributed by atoms with van der Waals surface area (Å²) in [5, 5.41) is 11.1. The van der Waals surface area contributed by atoms with Gasteiger partial charge >= 0.3 is 6.18 Å². The van der Waals surface area contributed by atoms with Gasteiger partial charge < -0.3 is 34.2 Å². The number of aromatic nitrogens is 4. The van der Waals surface area contributed by atoms with Crippen molar-refractivity contribution in [1.82, 2.24) is 34.9 Å². The van der Waals surface area contributed by atoms with E-state index in [0.717, 1.165) is 11.2 Å². The monoisotopic (exact) mass is 853 g/mol. The Bertz CT molecular complexity index is 2280. The number of fused-ring (bicyclic) bond motifs is 1. The van der Waals surface area contributed by atoms with E-state index in [4.69, 9.17) is 18.6 Å². The van der Waals surface area contributed by atoms with Crippen LogP contribution in [0.2, 0.25) is 0 Å². The van der Waals surface area contributed by atoms with Gasteiger partial charge in [-0.2, -0.15) is 18.3 Å². The molecule has 1 saturated heterocycles. The van der Waals surface area contributed by atoms with Crippen molar-refractivity contribution >= 4 is 46.9 Å². The number of alkyl halides is 3. The minimum atomic E-state index is -4.45. The highest BCUT2D eigenvalue weighted by molar-refractivity contribution is 6.24. The summed E-state index contributed by atoms with van der Waals surface area (Å²) in [5.74, 6) is -3.49. The maximum absolute atomic E-state index is 13.3. The highest BCUT2D eigenvalue weighted by Crippen LogP contribution is 2.31. The van der Waals surface area contributed by atoms with Crippen LogP contribution in [0.25, 0.3) is 11.5 Å². The zero-order chi connectivity index (χ0) is 43.7. The highest BCUT2D eigenvalue weighted by Gasteiger charge is 2.45. The Hall–Kier alpha value is -6.52. The quantitative estimate of drug-likeness (QED) is 0.0858. The lowest BCUT2D eigenvalue weighted by Gasteiger charge is -2.27. The van der Waals surface area contributed by atoms with Crippen LogP contribution in [-0.2, 0) is 37.3 Å². The summed E-state index contributed by atoms with van der Waals surface area (Å²) in [5.41, 5.74) is 1.39. The van der Waals surface area contributed by atoms with Gasteiger partial charge in [0.25, 0.3) is 23.6 Å². The SMILES string of the molecule is CN(CCOCCOCCOCCCc1cccc2c1C(=O)N(C1CCC(=O)NC1=O)C2=O)C(=O)c1nn(C)cc1NC(=O)c1coc(-c2ccnc(NCC(F)(F)F)c2)n1. The number of halogens is 3. The van der Waals surface area contributed by atoms with Crippen LogP contribution in [0.4, 0.5) is 24.7 Å². The first-order valence-electron chi connectivity index (χ1n) is 19.1. The minimum absolute atomic E-state index is 0.0346. The molecule has 6 rings (SSSR count).